The number of carbonyl (C=O) groups excluding carboxylic acids is 1. The summed E-state index contributed by atoms with van der Waals surface area (Å²) < 4.78 is 10.7. The van der Waals surface area contributed by atoms with Crippen LogP contribution in [-0.2, 0) is 14.3 Å². The van der Waals surface area contributed by atoms with Gasteiger partial charge in [-0.05, 0) is 12.2 Å². The fourth-order valence-electron chi connectivity index (χ4n) is 2.78. The third-order valence-electron chi connectivity index (χ3n) is 3.56. The third-order valence-corrected chi connectivity index (χ3v) is 4.81. The van der Waals surface area contributed by atoms with Crippen LogP contribution in [0.5, 0.6) is 0 Å². The lowest BCUT2D eigenvalue weighted by molar-refractivity contribution is -0.234. The van der Waals surface area contributed by atoms with E-state index in [1.165, 1.54) is 0 Å². The Bertz CT molecular complexity index is 309. The molecule has 3 unspecified atom stereocenters. The van der Waals surface area contributed by atoms with Crippen molar-refractivity contribution in [2.75, 3.05) is 20.0 Å². The molecule has 0 aliphatic heterocycles. The van der Waals surface area contributed by atoms with Crippen LogP contribution in [0, 0.1) is 11.8 Å². The molecule has 0 saturated heterocycles. The molecule has 4 heteroatoms. The second-order valence-electron chi connectivity index (χ2n) is 4.19. The molecule has 0 aromatic rings. The molecule has 0 heterocycles. The van der Waals surface area contributed by atoms with Crippen molar-refractivity contribution in [1.29, 1.82) is 0 Å². The minimum Gasteiger partial charge on any atom is -0.347 e. The predicted molar refractivity (Wildman–Crippen MR) is 64.4 cm³/mol. The molecule has 3 aliphatic carbocycles. The number of rotatable bonds is 4. The quantitative estimate of drug-likeness (QED) is 0.557. The highest BCUT2D eigenvalue weighted by molar-refractivity contribution is 7.99. The van der Waals surface area contributed by atoms with Gasteiger partial charge in [-0.1, -0.05) is 19.1 Å². The maximum Gasteiger partial charge on any atom is 0.235 e. The molecule has 0 N–H and O–H groups in total. The van der Waals surface area contributed by atoms with Gasteiger partial charge in [0, 0.05) is 25.4 Å². The SMILES string of the molecule is CCSC1CC2C=CC1C(=O)C2(OC)OC. The van der Waals surface area contributed by atoms with Crippen LogP contribution in [0.1, 0.15) is 13.3 Å². The maximum absolute atomic E-state index is 12.3. The monoisotopic (exact) mass is 242 g/mol. The average molecular weight is 242 g/mol. The molecule has 90 valence electrons. The van der Waals surface area contributed by atoms with E-state index in [1.807, 2.05) is 17.8 Å². The van der Waals surface area contributed by atoms with Gasteiger partial charge in [0.2, 0.25) is 5.79 Å². The first-order valence-electron chi connectivity index (χ1n) is 5.64. The Labute approximate surface area is 101 Å². The molecular weight excluding hydrogens is 224 g/mol. The van der Waals surface area contributed by atoms with Gasteiger partial charge >= 0.3 is 0 Å². The zero-order valence-electron chi connectivity index (χ0n) is 9.93. The van der Waals surface area contributed by atoms with Gasteiger partial charge in [0.15, 0.2) is 5.78 Å². The number of ketones is 1. The van der Waals surface area contributed by atoms with E-state index in [9.17, 15) is 4.79 Å². The van der Waals surface area contributed by atoms with Crippen LogP contribution in [0.2, 0.25) is 0 Å². The summed E-state index contributed by atoms with van der Waals surface area (Å²) in [5.74, 6) is 0.118. The molecule has 3 aliphatic rings. The molecule has 2 bridgehead atoms. The molecule has 0 aromatic heterocycles. The van der Waals surface area contributed by atoms with Crippen molar-refractivity contribution in [3.05, 3.63) is 12.2 Å². The average Bonchev–Trinajstić information content (AvgIpc) is 2.31. The summed E-state index contributed by atoms with van der Waals surface area (Å²) >= 11 is 1.86. The van der Waals surface area contributed by atoms with Crippen LogP contribution >= 0.6 is 11.8 Å². The topological polar surface area (TPSA) is 35.5 Å². The van der Waals surface area contributed by atoms with Gasteiger partial charge in [-0.25, -0.2) is 0 Å². The number of hydrogen-bond acceptors (Lipinski definition) is 4. The number of hydrogen-bond donors (Lipinski definition) is 0. The molecule has 1 fully saturated rings. The Morgan fingerprint density at radius 3 is 2.62 bits per heavy atom. The first-order valence-corrected chi connectivity index (χ1v) is 6.69. The highest BCUT2D eigenvalue weighted by Crippen LogP contribution is 2.47. The van der Waals surface area contributed by atoms with Crippen LogP contribution in [0.15, 0.2) is 12.2 Å². The smallest absolute Gasteiger partial charge is 0.235 e. The summed E-state index contributed by atoms with van der Waals surface area (Å²) in [6.45, 7) is 2.13. The molecule has 0 spiro atoms. The summed E-state index contributed by atoms with van der Waals surface area (Å²) in [5.41, 5.74) is 0. The Balaban J connectivity index is 2.28. The van der Waals surface area contributed by atoms with E-state index < -0.39 is 5.79 Å². The van der Waals surface area contributed by atoms with Gasteiger partial charge in [-0.2, -0.15) is 11.8 Å². The van der Waals surface area contributed by atoms with E-state index in [0.717, 1.165) is 12.2 Å². The number of carbonyl (C=O) groups is 1. The van der Waals surface area contributed by atoms with Crippen LogP contribution in [0.25, 0.3) is 0 Å². The Morgan fingerprint density at radius 2 is 2.12 bits per heavy atom. The van der Waals surface area contributed by atoms with Crippen LogP contribution in [0.3, 0.4) is 0 Å². The van der Waals surface area contributed by atoms with Crippen LogP contribution in [-0.4, -0.2) is 36.8 Å². The van der Waals surface area contributed by atoms with Crippen LogP contribution < -0.4 is 0 Å². The lowest BCUT2D eigenvalue weighted by Gasteiger charge is -2.47. The number of ether oxygens (including phenoxy) is 2. The molecular formula is C12H18O3S. The first kappa shape index (κ1) is 12.1. The lowest BCUT2D eigenvalue weighted by atomic mass is 9.70. The lowest BCUT2D eigenvalue weighted by Crippen LogP contribution is -2.59. The summed E-state index contributed by atoms with van der Waals surface area (Å²) in [4.78, 5) is 12.3. The minimum atomic E-state index is -1.02. The fourth-order valence-corrected chi connectivity index (χ4v) is 3.97. The number of methoxy groups -OCH3 is 2. The van der Waals surface area contributed by atoms with Gasteiger partial charge in [-0.3, -0.25) is 4.79 Å². The minimum absolute atomic E-state index is 0.0464. The van der Waals surface area contributed by atoms with Crippen molar-refractivity contribution in [1.82, 2.24) is 0 Å². The maximum atomic E-state index is 12.3. The van der Waals surface area contributed by atoms with Gasteiger partial charge in [0.25, 0.3) is 0 Å². The fraction of sp³-hybridized carbons (Fsp3) is 0.750. The molecule has 3 atom stereocenters. The van der Waals surface area contributed by atoms with E-state index in [0.29, 0.717) is 5.25 Å². The van der Waals surface area contributed by atoms with Crippen LogP contribution in [0.4, 0.5) is 0 Å². The molecule has 3 rings (SSSR count). The summed E-state index contributed by atoms with van der Waals surface area (Å²) in [5, 5.41) is 0.394. The zero-order valence-corrected chi connectivity index (χ0v) is 10.8. The van der Waals surface area contributed by atoms with Gasteiger partial charge in [-0.15, -0.1) is 0 Å². The molecule has 3 nitrogen and oxygen atoms in total. The summed E-state index contributed by atoms with van der Waals surface area (Å²) in [7, 11) is 3.11. The molecule has 16 heavy (non-hydrogen) atoms. The summed E-state index contributed by atoms with van der Waals surface area (Å²) in [6, 6.07) is 0. The Hall–Kier alpha value is -0.320. The zero-order chi connectivity index (χ0) is 11.8. The summed E-state index contributed by atoms with van der Waals surface area (Å²) in [6.07, 6.45) is 5.07. The van der Waals surface area contributed by atoms with E-state index in [4.69, 9.17) is 9.47 Å². The van der Waals surface area contributed by atoms with E-state index in [1.54, 1.807) is 14.2 Å². The van der Waals surface area contributed by atoms with Crippen molar-refractivity contribution in [3.63, 3.8) is 0 Å². The second kappa shape index (κ2) is 4.51. The highest BCUT2D eigenvalue weighted by atomic mass is 32.2. The second-order valence-corrected chi connectivity index (χ2v) is 5.70. The number of Topliss-reactive ketones (excluding diaryl/α,β-unsaturated/α-hetero) is 1. The van der Waals surface area contributed by atoms with Crippen molar-refractivity contribution in [3.8, 4) is 0 Å². The van der Waals surface area contributed by atoms with Gasteiger partial charge in [0.05, 0.1) is 5.92 Å². The highest BCUT2D eigenvalue weighted by Gasteiger charge is 2.56. The van der Waals surface area contributed by atoms with Crippen molar-refractivity contribution in [2.45, 2.75) is 24.4 Å². The van der Waals surface area contributed by atoms with Crippen molar-refractivity contribution in [2.24, 2.45) is 11.8 Å². The molecule has 0 radical (unpaired) electrons. The normalized spacial score (nSPS) is 35.7. The van der Waals surface area contributed by atoms with E-state index in [-0.39, 0.29) is 17.6 Å². The predicted octanol–water partition coefficient (Wildman–Crippen LogP) is 1.87. The van der Waals surface area contributed by atoms with Crippen molar-refractivity contribution >= 4 is 17.5 Å². The molecule has 0 aromatic carbocycles. The largest absolute Gasteiger partial charge is 0.347 e. The van der Waals surface area contributed by atoms with E-state index >= 15 is 0 Å². The molecule has 0 amide bonds. The van der Waals surface area contributed by atoms with Gasteiger partial charge in [0.1, 0.15) is 0 Å². The Kier molecular flexibility index (Phi) is 3.42. The van der Waals surface area contributed by atoms with Crippen molar-refractivity contribution < 1.29 is 14.3 Å². The number of allylic oxidation sites excluding steroid dienone is 1. The Morgan fingerprint density at radius 1 is 1.44 bits per heavy atom. The number of fused-ring (bicyclic) bond motifs is 2. The third kappa shape index (κ3) is 1.55. The molecule has 1 saturated carbocycles. The van der Waals surface area contributed by atoms with Gasteiger partial charge < -0.3 is 9.47 Å². The standard InChI is InChI=1S/C12H18O3S/c1-4-16-10-7-8-5-6-9(10)11(13)12(8,14-2)15-3/h5-6,8-10H,4,7H2,1-3H3. The number of thioether (sulfide) groups is 1. The van der Waals surface area contributed by atoms with E-state index in [2.05, 4.69) is 13.0 Å². The first-order chi connectivity index (χ1) is 7.69.